The highest BCUT2D eigenvalue weighted by Crippen LogP contribution is 2.46. The van der Waals surface area contributed by atoms with E-state index in [0.717, 1.165) is 12.1 Å². The molecular formula is C10H8F4O. The molecule has 0 radical (unpaired) electrons. The average molecular weight is 220 g/mol. The van der Waals surface area contributed by atoms with Gasteiger partial charge in [0.1, 0.15) is 5.82 Å². The molecule has 5 heteroatoms. The Kier molecular flexibility index (Phi) is 2.05. The quantitative estimate of drug-likeness (QED) is 0.721. The van der Waals surface area contributed by atoms with E-state index >= 15 is 0 Å². The Morgan fingerprint density at radius 2 is 1.80 bits per heavy atom. The molecule has 15 heavy (non-hydrogen) atoms. The fourth-order valence-electron chi connectivity index (χ4n) is 1.44. The van der Waals surface area contributed by atoms with Crippen LogP contribution in [-0.2, 0) is 11.8 Å². The summed E-state index contributed by atoms with van der Waals surface area (Å²) in [6.45, 7) is 0. The molecule has 2 rings (SSSR count). The number of alkyl halides is 3. The van der Waals surface area contributed by atoms with Gasteiger partial charge in [0.2, 0.25) is 0 Å². The van der Waals surface area contributed by atoms with Crippen molar-refractivity contribution in [1.29, 1.82) is 0 Å². The third-order valence-electron chi connectivity index (χ3n) is 2.54. The largest absolute Gasteiger partial charge is 0.419 e. The molecule has 1 nitrogen and oxygen atoms in total. The fraction of sp³-hybridized carbons (Fsp3) is 0.400. The molecule has 0 heterocycles. The van der Waals surface area contributed by atoms with Crippen LogP contribution in [0.2, 0.25) is 0 Å². The van der Waals surface area contributed by atoms with E-state index in [4.69, 9.17) is 0 Å². The molecule has 0 unspecified atom stereocenters. The molecule has 0 aliphatic heterocycles. The Bertz CT molecular complexity index is 393. The molecule has 82 valence electrons. The first-order chi connectivity index (χ1) is 6.83. The first-order valence-electron chi connectivity index (χ1n) is 4.42. The van der Waals surface area contributed by atoms with Gasteiger partial charge in [0, 0.05) is 0 Å². The Hall–Kier alpha value is -1.10. The first-order valence-corrected chi connectivity index (χ1v) is 4.42. The Morgan fingerprint density at radius 1 is 1.20 bits per heavy atom. The zero-order chi connectivity index (χ0) is 11.3. The van der Waals surface area contributed by atoms with Crippen molar-refractivity contribution in [2.24, 2.45) is 0 Å². The summed E-state index contributed by atoms with van der Waals surface area (Å²) in [6, 6.07) is 2.55. The summed E-state index contributed by atoms with van der Waals surface area (Å²) in [5, 5.41) is 9.57. The van der Waals surface area contributed by atoms with Gasteiger partial charge in [-0.25, -0.2) is 4.39 Å². The van der Waals surface area contributed by atoms with E-state index in [9.17, 15) is 22.7 Å². The molecule has 1 aliphatic carbocycles. The second kappa shape index (κ2) is 2.95. The van der Waals surface area contributed by atoms with E-state index in [1.165, 1.54) is 0 Å². The smallest absolute Gasteiger partial charge is 0.385 e. The van der Waals surface area contributed by atoms with Crippen molar-refractivity contribution >= 4 is 0 Å². The zero-order valence-electron chi connectivity index (χ0n) is 7.61. The van der Waals surface area contributed by atoms with Gasteiger partial charge in [-0.05, 0) is 30.5 Å². The van der Waals surface area contributed by atoms with E-state index in [-0.39, 0.29) is 5.56 Å². The SMILES string of the molecule is OC1(c2ccc(C(F)(F)F)c(F)c2)CC1. The minimum Gasteiger partial charge on any atom is -0.385 e. The van der Waals surface area contributed by atoms with Crippen molar-refractivity contribution < 1.29 is 22.7 Å². The predicted octanol–water partition coefficient (Wildman–Crippen LogP) is 2.83. The monoisotopic (exact) mass is 220 g/mol. The third-order valence-corrected chi connectivity index (χ3v) is 2.54. The van der Waals surface area contributed by atoms with E-state index in [1.54, 1.807) is 0 Å². The van der Waals surface area contributed by atoms with E-state index < -0.39 is 23.2 Å². The van der Waals surface area contributed by atoms with Crippen LogP contribution < -0.4 is 0 Å². The Labute approximate surface area is 83.3 Å². The second-order valence-corrected chi connectivity index (χ2v) is 3.72. The topological polar surface area (TPSA) is 20.2 Å². The molecule has 0 aromatic heterocycles. The van der Waals surface area contributed by atoms with Crippen LogP contribution in [0.25, 0.3) is 0 Å². The molecule has 0 bridgehead atoms. The number of halogens is 4. The van der Waals surface area contributed by atoms with Crippen molar-refractivity contribution in [3.05, 3.63) is 35.1 Å². The summed E-state index contributed by atoms with van der Waals surface area (Å²) in [4.78, 5) is 0. The summed E-state index contributed by atoms with van der Waals surface area (Å²) in [7, 11) is 0. The number of aliphatic hydroxyl groups is 1. The molecule has 0 amide bonds. The molecule has 1 N–H and O–H groups in total. The Morgan fingerprint density at radius 3 is 2.20 bits per heavy atom. The highest BCUT2D eigenvalue weighted by atomic mass is 19.4. The minimum atomic E-state index is -4.69. The van der Waals surface area contributed by atoms with Gasteiger partial charge in [-0.1, -0.05) is 6.07 Å². The standard InChI is InChI=1S/C10H8F4O/c11-8-5-6(9(15)3-4-9)1-2-7(8)10(12,13)14/h1-2,5,15H,3-4H2. The zero-order valence-corrected chi connectivity index (χ0v) is 7.61. The lowest BCUT2D eigenvalue weighted by Crippen LogP contribution is -2.11. The lowest BCUT2D eigenvalue weighted by Gasteiger charge is -2.12. The molecule has 1 saturated carbocycles. The molecule has 1 aliphatic rings. The van der Waals surface area contributed by atoms with Crippen LogP contribution in [0.4, 0.5) is 17.6 Å². The van der Waals surface area contributed by atoms with Crippen LogP contribution in [0.15, 0.2) is 18.2 Å². The number of benzene rings is 1. The first kappa shape index (κ1) is 10.4. The van der Waals surface area contributed by atoms with E-state index in [2.05, 4.69) is 0 Å². The van der Waals surface area contributed by atoms with E-state index in [1.807, 2.05) is 0 Å². The summed E-state index contributed by atoms with van der Waals surface area (Å²) in [6.07, 6.45) is -3.75. The number of hydrogen-bond donors (Lipinski definition) is 1. The number of hydrogen-bond acceptors (Lipinski definition) is 1. The van der Waals surface area contributed by atoms with Crippen LogP contribution in [0.3, 0.4) is 0 Å². The normalized spacial score (nSPS) is 19.0. The average Bonchev–Trinajstić information content (AvgIpc) is 2.82. The minimum absolute atomic E-state index is 0.216. The molecule has 0 saturated heterocycles. The van der Waals surface area contributed by atoms with Crippen LogP contribution >= 0.6 is 0 Å². The van der Waals surface area contributed by atoms with Gasteiger partial charge in [0.15, 0.2) is 0 Å². The van der Waals surface area contributed by atoms with Crippen molar-refractivity contribution in [1.82, 2.24) is 0 Å². The lowest BCUT2D eigenvalue weighted by molar-refractivity contribution is -0.140. The summed E-state index contributed by atoms with van der Waals surface area (Å²) >= 11 is 0. The highest BCUT2D eigenvalue weighted by molar-refractivity contribution is 5.33. The van der Waals surface area contributed by atoms with E-state index in [0.29, 0.717) is 18.9 Å². The molecule has 0 spiro atoms. The van der Waals surface area contributed by atoms with Gasteiger partial charge in [0.05, 0.1) is 11.2 Å². The molecule has 1 fully saturated rings. The van der Waals surface area contributed by atoms with Gasteiger partial charge in [-0.2, -0.15) is 13.2 Å². The second-order valence-electron chi connectivity index (χ2n) is 3.72. The van der Waals surface area contributed by atoms with Gasteiger partial charge >= 0.3 is 6.18 Å². The van der Waals surface area contributed by atoms with Crippen LogP contribution in [0.1, 0.15) is 24.0 Å². The van der Waals surface area contributed by atoms with Gasteiger partial charge in [-0.15, -0.1) is 0 Å². The lowest BCUT2D eigenvalue weighted by atomic mass is 10.0. The van der Waals surface area contributed by atoms with Gasteiger partial charge < -0.3 is 5.11 Å². The van der Waals surface area contributed by atoms with Crippen molar-refractivity contribution in [2.75, 3.05) is 0 Å². The summed E-state index contributed by atoms with van der Waals surface area (Å²) in [5.74, 6) is -1.33. The highest BCUT2D eigenvalue weighted by Gasteiger charge is 2.43. The summed E-state index contributed by atoms with van der Waals surface area (Å²) in [5.41, 5.74) is -2.19. The predicted molar refractivity (Wildman–Crippen MR) is 44.5 cm³/mol. The van der Waals surface area contributed by atoms with Gasteiger partial charge in [0.25, 0.3) is 0 Å². The molecular weight excluding hydrogens is 212 g/mol. The van der Waals surface area contributed by atoms with Crippen molar-refractivity contribution in [2.45, 2.75) is 24.6 Å². The van der Waals surface area contributed by atoms with Crippen LogP contribution in [-0.4, -0.2) is 5.11 Å². The molecule has 0 atom stereocenters. The third kappa shape index (κ3) is 1.84. The van der Waals surface area contributed by atoms with Crippen molar-refractivity contribution in [3.8, 4) is 0 Å². The maximum absolute atomic E-state index is 13.1. The Balaban J connectivity index is 2.39. The number of rotatable bonds is 1. The maximum atomic E-state index is 13.1. The van der Waals surface area contributed by atoms with Gasteiger partial charge in [-0.3, -0.25) is 0 Å². The molecule has 1 aromatic rings. The fourth-order valence-corrected chi connectivity index (χ4v) is 1.44. The maximum Gasteiger partial charge on any atom is 0.419 e. The summed E-state index contributed by atoms with van der Waals surface area (Å²) < 4.78 is 49.6. The van der Waals surface area contributed by atoms with Crippen LogP contribution in [0, 0.1) is 5.82 Å². The van der Waals surface area contributed by atoms with Crippen LogP contribution in [0.5, 0.6) is 0 Å². The van der Waals surface area contributed by atoms with Crippen molar-refractivity contribution in [3.63, 3.8) is 0 Å². The molecule has 1 aromatic carbocycles.